The van der Waals surface area contributed by atoms with Crippen LogP contribution in [0.1, 0.15) is 22.5 Å². The molecule has 1 spiro atoms. The lowest BCUT2D eigenvalue weighted by molar-refractivity contribution is 0.507. The quantitative estimate of drug-likeness (QED) is 0.167. The zero-order valence-electron chi connectivity index (χ0n) is 36.6. The predicted octanol–water partition coefficient (Wildman–Crippen LogP) is 18.0. The van der Waals surface area contributed by atoms with Crippen molar-refractivity contribution in [2.75, 3.05) is 9.80 Å². The lowest BCUT2D eigenvalue weighted by Crippen LogP contribution is -2.26. The van der Waals surface area contributed by atoms with Crippen LogP contribution in [-0.2, 0) is 5.41 Å². The van der Waals surface area contributed by atoms with E-state index in [4.69, 9.17) is 8.83 Å². The first-order valence-corrected chi connectivity index (χ1v) is 24.0. The van der Waals surface area contributed by atoms with Gasteiger partial charge in [0, 0.05) is 59.9 Å². The number of furan rings is 2. The van der Waals surface area contributed by atoms with E-state index < -0.39 is 5.41 Å². The molecule has 10 aromatic carbocycles. The van der Waals surface area contributed by atoms with E-state index >= 15 is 0 Å². The summed E-state index contributed by atoms with van der Waals surface area (Å²) in [6.07, 6.45) is 0. The third-order valence-corrected chi connectivity index (χ3v) is 15.6. The molecule has 0 amide bonds. The Kier molecular flexibility index (Phi) is 7.83. The van der Waals surface area contributed by atoms with Gasteiger partial charge in [0.2, 0.25) is 0 Å². The summed E-state index contributed by atoms with van der Waals surface area (Å²) >= 11 is 1.86. The minimum absolute atomic E-state index is 0.790. The molecule has 4 nitrogen and oxygen atoms in total. The van der Waals surface area contributed by atoms with Gasteiger partial charge in [-0.2, -0.15) is 0 Å². The Bertz CT molecular complexity index is 4180. The lowest BCUT2D eigenvalue weighted by atomic mass is 9.73. The molecule has 0 N–H and O–H groups in total. The summed E-state index contributed by atoms with van der Waals surface area (Å²) in [7, 11) is 0. The third kappa shape index (κ3) is 5.08. The standard InChI is InChI=1S/C63H38N2O2S/c1-3-17-39(18-4-1)64(54-28-15-25-47-45-22-8-12-30-56(45)66-60(47)54)41-34-36-49-53(38-41)63(62-59(49)50-24-9-13-31-57(50)67-62)51-27-11-7-21-43(51)44-35-33-42(37-52(44)63)65(40-19-5-2-6-20-40)55-29-16-26-48-46-23-10-14-32-58(46)68-61(48)55/h1-38H. The molecular weight excluding hydrogens is 849 g/mol. The molecule has 318 valence electrons. The number of para-hydroxylation sites is 5. The largest absolute Gasteiger partial charge is 0.459 e. The van der Waals surface area contributed by atoms with Gasteiger partial charge in [0.15, 0.2) is 5.58 Å². The van der Waals surface area contributed by atoms with Gasteiger partial charge in [-0.25, -0.2) is 0 Å². The van der Waals surface area contributed by atoms with E-state index in [1.165, 1.54) is 53.6 Å². The second kappa shape index (κ2) is 14.2. The topological polar surface area (TPSA) is 32.8 Å². The van der Waals surface area contributed by atoms with Crippen molar-refractivity contribution in [3.8, 4) is 22.3 Å². The summed E-state index contributed by atoms with van der Waals surface area (Å²) in [5.74, 6) is 0.956. The van der Waals surface area contributed by atoms with Crippen molar-refractivity contribution in [1.82, 2.24) is 0 Å². The van der Waals surface area contributed by atoms with E-state index in [1.54, 1.807) is 0 Å². The Balaban J connectivity index is 1.02. The highest BCUT2D eigenvalue weighted by Gasteiger charge is 2.55. The molecule has 1 unspecified atom stereocenters. The normalized spacial score (nSPS) is 14.5. The van der Waals surface area contributed by atoms with Gasteiger partial charge in [0.1, 0.15) is 22.3 Å². The summed E-state index contributed by atoms with van der Waals surface area (Å²) in [6.45, 7) is 0. The second-order valence-electron chi connectivity index (χ2n) is 17.9. The van der Waals surface area contributed by atoms with Crippen LogP contribution in [0, 0.1) is 0 Å². The van der Waals surface area contributed by atoms with Gasteiger partial charge < -0.3 is 18.6 Å². The van der Waals surface area contributed by atoms with Gasteiger partial charge in [0.05, 0.1) is 16.1 Å². The maximum absolute atomic E-state index is 7.33. The maximum Gasteiger partial charge on any atom is 0.159 e. The Morgan fingerprint density at radius 1 is 0.353 bits per heavy atom. The number of thiophene rings is 1. The molecule has 2 aliphatic carbocycles. The minimum Gasteiger partial charge on any atom is -0.459 e. The van der Waals surface area contributed by atoms with Crippen molar-refractivity contribution in [3.63, 3.8) is 0 Å². The Morgan fingerprint density at radius 3 is 1.66 bits per heavy atom. The number of hydrogen-bond acceptors (Lipinski definition) is 5. The highest BCUT2D eigenvalue weighted by Crippen LogP contribution is 2.66. The summed E-state index contributed by atoms with van der Waals surface area (Å²) in [6, 6.07) is 83.5. The number of fused-ring (bicyclic) bond motifs is 18. The zero-order valence-corrected chi connectivity index (χ0v) is 37.4. The van der Waals surface area contributed by atoms with E-state index in [1.807, 2.05) is 17.4 Å². The van der Waals surface area contributed by atoms with Gasteiger partial charge in [-0.1, -0.05) is 152 Å². The fourth-order valence-electron chi connectivity index (χ4n) is 11.7. The van der Waals surface area contributed by atoms with Crippen LogP contribution in [0.2, 0.25) is 0 Å². The van der Waals surface area contributed by atoms with E-state index in [0.717, 1.165) is 78.4 Å². The molecule has 0 aliphatic heterocycles. The molecule has 0 bridgehead atoms. The number of hydrogen-bond donors (Lipinski definition) is 0. The number of anilines is 6. The highest BCUT2D eigenvalue weighted by atomic mass is 32.1. The van der Waals surface area contributed by atoms with Crippen LogP contribution < -0.4 is 9.80 Å². The SMILES string of the molecule is c1ccc(N(c2ccc3c(c2)C2(c4ccccc4-c4ccc(N(c5ccccc5)c5cccc6c5sc5ccccc56)cc42)c2oc4ccccc4c2-3)c2cccc3c2oc2ccccc23)cc1. The molecule has 13 aromatic rings. The first-order valence-electron chi connectivity index (χ1n) is 23.2. The van der Waals surface area contributed by atoms with Gasteiger partial charge in [-0.15, -0.1) is 11.3 Å². The number of rotatable bonds is 6. The van der Waals surface area contributed by atoms with Crippen LogP contribution in [0.4, 0.5) is 34.1 Å². The van der Waals surface area contributed by atoms with Crippen LogP contribution in [0.25, 0.3) is 75.3 Å². The van der Waals surface area contributed by atoms with E-state index in [9.17, 15) is 0 Å². The first kappa shape index (κ1) is 37.6. The minimum atomic E-state index is -0.790. The van der Waals surface area contributed by atoms with Crippen molar-refractivity contribution in [2.24, 2.45) is 0 Å². The molecule has 0 saturated heterocycles. The Hall–Kier alpha value is -8.64. The predicted molar refractivity (Wildman–Crippen MR) is 282 cm³/mol. The van der Waals surface area contributed by atoms with Crippen LogP contribution in [0.5, 0.6) is 0 Å². The molecule has 0 saturated carbocycles. The summed E-state index contributed by atoms with van der Waals surface area (Å²) < 4.78 is 16.6. The van der Waals surface area contributed by atoms with Crippen LogP contribution >= 0.6 is 11.3 Å². The van der Waals surface area contributed by atoms with Crippen molar-refractivity contribution in [3.05, 3.63) is 253 Å². The summed E-state index contributed by atoms with van der Waals surface area (Å²) in [5, 5.41) is 5.85. The molecule has 0 radical (unpaired) electrons. The third-order valence-electron chi connectivity index (χ3n) is 14.4. The van der Waals surface area contributed by atoms with Crippen molar-refractivity contribution >= 4 is 98.5 Å². The Morgan fingerprint density at radius 2 is 0.897 bits per heavy atom. The zero-order chi connectivity index (χ0) is 44.5. The Labute approximate surface area is 395 Å². The maximum atomic E-state index is 7.33. The van der Waals surface area contributed by atoms with Crippen LogP contribution in [0.15, 0.2) is 239 Å². The van der Waals surface area contributed by atoms with Crippen molar-refractivity contribution < 1.29 is 8.83 Å². The molecule has 0 fully saturated rings. The van der Waals surface area contributed by atoms with Crippen LogP contribution in [-0.4, -0.2) is 0 Å². The van der Waals surface area contributed by atoms with Gasteiger partial charge in [-0.05, 0) is 112 Å². The summed E-state index contributed by atoms with van der Waals surface area (Å²) in [4.78, 5) is 4.81. The average molecular weight is 887 g/mol. The van der Waals surface area contributed by atoms with E-state index in [-0.39, 0.29) is 0 Å². The fraction of sp³-hybridized carbons (Fsp3) is 0.0159. The first-order chi connectivity index (χ1) is 33.7. The molecule has 68 heavy (non-hydrogen) atoms. The van der Waals surface area contributed by atoms with E-state index in [0.29, 0.717) is 0 Å². The molecule has 3 aromatic heterocycles. The smallest absolute Gasteiger partial charge is 0.159 e. The van der Waals surface area contributed by atoms with Gasteiger partial charge >= 0.3 is 0 Å². The molecule has 3 heterocycles. The van der Waals surface area contributed by atoms with Crippen molar-refractivity contribution in [2.45, 2.75) is 5.41 Å². The summed E-state index contributed by atoms with van der Waals surface area (Å²) in [5.41, 5.74) is 16.5. The van der Waals surface area contributed by atoms with Gasteiger partial charge in [-0.3, -0.25) is 0 Å². The molecule has 5 heteroatoms. The monoisotopic (exact) mass is 886 g/mol. The number of nitrogens with zero attached hydrogens (tertiary/aromatic N) is 2. The average Bonchev–Trinajstić information content (AvgIpc) is 4.20. The number of benzene rings is 10. The molecule has 15 rings (SSSR count). The van der Waals surface area contributed by atoms with Crippen molar-refractivity contribution in [1.29, 1.82) is 0 Å². The van der Waals surface area contributed by atoms with E-state index in [2.05, 4.69) is 234 Å². The fourth-order valence-corrected chi connectivity index (χ4v) is 12.9. The highest BCUT2D eigenvalue weighted by molar-refractivity contribution is 7.26. The van der Waals surface area contributed by atoms with Crippen LogP contribution in [0.3, 0.4) is 0 Å². The second-order valence-corrected chi connectivity index (χ2v) is 19.0. The molecule has 1 atom stereocenters. The lowest BCUT2D eigenvalue weighted by Gasteiger charge is -2.32. The molecular formula is C63H38N2O2S. The van der Waals surface area contributed by atoms with Gasteiger partial charge in [0.25, 0.3) is 0 Å². The molecule has 2 aliphatic rings.